The van der Waals surface area contributed by atoms with Crippen LogP contribution in [0.3, 0.4) is 0 Å². The van der Waals surface area contributed by atoms with Crippen molar-refractivity contribution in [2.75, 3.05) is 39.3 Å². The van der Waals surface area contributed by atoms with Gasteiger partial charge in [0.1, 0.15) is 0 Å². The van der Waals surface area contributed by atoms with Gasteiger partial charge in [0.15, 0.2) is 0 Å². The Morgan fingerprint density at radius 3 is 2.59 bits per heavy atom. The molecule has 0 unspecified atom stereocenters. The number of carbonyl (C=O) groups is 2. The van der Waals surface area contributed by atoms with Crippen LogP contribution in [-0.2, 0) is 11.8 Å². The summed E-state index contributed by atoms with van der Waals surface area (Å²) < 4.78 is 1.55. The van der Waals surface area contributed by atoms with Crippen LogP contribution in [0.15, 0.2) is 47.8 Å². The number of hydrogen-bond acceptors (Lipinski definition) is 4. The van der Waals surface area contributed by atoms with E-state index >= 15 is 0 Å². The minimum absolute atomic E-state index is 0.0489. The molecule has 7 heteroatoms. The summed E-state index contributed by atoms with van der Waals surface area (Å²) in [4.78, 5) is 40.8. The highest BCUT2D eigenvalue weighted by Crippen LogP contribution is 2.18. The molecule has 0 aliphatic carbocycles. The van der Waals surface area contributed by atoms with E-state index in [1.54, 1.807) is 22.6 Å². The zero-order valence-electron chi connectivity index (χ0n) is 15.5. The molecule has 0 atom stereocenters. The first-order chi connectivity index (χ1) is 13.0. The lowest BCUT2D eigenvalue weighted by Gasteiger charge is -2.34. The fraction of sp³-hybridized carbons (Fsp3) is 0.350. The van der Waals surface area contributed by atoms with Crippen LogP contribution >= 0.6 is 0 Å². The van der Waals surface area contributed by atoms with E-state index < -0.39 is 0 Å². The van der Waals surface area contributed by atoms with Crippen LogP contribution < -0.4 is 10.9 Å². The summed E-state index contributed by atoms with van der Waals surface area (Å²) in [7, 11) is 1.70. The van der Waals surface area contributed by atoms with Crippen LogP contribution in [0.2, 0.25) is 0 Å². The molecule has 2 aromatic rings. The van der Waals surface area contributed by atoms with Gasteiger partial charge < -0.3 is 14.8 Å². The third-order valence-electron chi connectivity index (χ3n) is 4.85. The van der Waals surface area contributed by atoms with Crippen LogP contribution in [-0.4, -0.2) is 65.4 Å². The molecule has 1 aromatic heterocycles. The fourth-order valence-electron chi connectivity index (χ4n) is 3.31. The molecule has 2 heterocycles. The molecule has 2 amide bonds. The van der Waals surface area contributed by atoms with Crippen molar-refractivity contribution in [2.24, 2.45) is 7.05 Å². The highest BCUT2D eigenvalue weighted by atomic mass is 16.2. The molecule has 27 heavy (non-hydrogen) atoms. The second-order valence-electron chi connectivity index (χ2n) is 6.63. The van der Waals surface area contributed by atoms with Crippen molar-refractivity contribution in [1.29, 1.82) is 0 Å². The van der Waals surface area contributed by atoms with E-state index in [4.69, 9.17) is 0 Å². The zero-order chi connectivity index (χ0) is 19.4. The van der Waals surface area contributed by atoms with Crippen molar-refractivity contribution in [3.8, 4) is 0 Å². The molecule has 1 saturated heterocycles. The van der Waals surface area contributed by atoms with Crippen molar-refractivity contribution in [1.82, 2.24) is 19.7 Å². The van der Waals surface area contributed by atoms with E-state index in [1.165, 1.54) is 6.07 Å². The Labute approximate surface area is 157 Å². The van der Waals surface area contributed by atoms with Gasteiger partial charge in [-0.05, 0) is 6.07 Å². The predicted molar refractivity (Wildman–Crippen MR) is 105 cm³/mol. The van der Waals surface area contributed by atoms with E-state index in [2.05, 4.69) is 11.9 Å². The number of nitrogens with zero attached hydrogens (tertiary/aromatic N) is 3. The monoisotopic (exact) mass is 368 g/mol. The number of piperazine rings is 1. The second-order valence-corrected chi connectivity index (χ2v) is 6.63. The van der Waals surface area contributed by atoms with Gasteiger partial charge in [-0.2, -0.15) is 0 Å². The molecule has 1 aromatic carbocycles. The second kappa shape index (κ2) is 8.18. The SMILES string of the molecule is C=CCNC(=O)CN1CCN(C(=O)c2cc(=O)n(C)c3ccccc23)CC1. The van der Waals surface area contributed by atoms with Gasteiger partial charge in [-0.25, -0.2) is 0 Å². The molecule has 0 spiro atoms. The summed E-state index contributed by atoms with van der Waals surface area (Å²) in [5.41, 5.74) is 0.978. The molecular formula is C20H24N4O3. The molecule has 0 radical (unpaired) electrons. The standard InChI is InChI=1S/C20H24N4O3/c1-3-8-21-18(25)14-23-9-11-24(12-10-23)20(27)16-13-19(26)22(2)17-7-5-4-6-15(16)17/h3-7,13H,1,8-12,14H2,2H3,(H,21,25). The normalized spacial score (nSPS) is 14.9. The zero-order valence-corrected chi connectivity index (χ0v) is 15.5. The minimum atomic E-state index is -0.199. The Kier molecular flexibility index (Phi) is 5.71. The summed E-state index contributed by atoms with van der Waals surface area (Å²) in [6, 6.07) is 8.84. The van der Waals surface area contributed by atoms with E-state index in [1.807, 2.05) is 29.2 Å². The van der Waals surface area contributed by atoms with Gasteiger partial charge in [0.05, 0.1) is 17.6 Å². The van der Waals surface area contributed by atoms with Crippen molar-refractivity contribution in [2.45, 2.75) is 0 Å². The molecule has 1 fully saturated rings. The van der Waals surface area contributed by atoms with Gasteiger partial charge in [0, 0.05) is 51.2 Å². The van der Waals surface area contributed by atoms with E-state index in [0.717, 1.165) is 10.9 Å². The fourth-order valence-corrected chi connectivity index (χ4v) is 3.31. The topological polar surface area (TPSA) is 74.7 Å². The molecule has 1 N–H and O–H groups in total. The lowest BCUT2D eigenvalue weighted by Crippen LogP contribution is -2.51. The Hall–Kier alpha value is -2.93. The molecule has 142 valence electrons. The van der Waals surface area contributed by atoms with Crippen LogP contribution in [0.1, 0.15) is 10.4 Å². The number of hydrogen-bond donors (Lipinski definition) is 1. The summed E-state index contributed by atoms with van der Waals surface area (Å²) in [5.74, 6) is -0.188. The van der Waals surface area contributed by atoms with Crippen LogP contribution in [0.25, 0.3) is 10.9 Å². The first kappa shape index (κ1) is 18.8. The van der Waals surface area contributed by atoms with Gasteiger partial charge >= 0.3 is 0 Å². The number of para-hydroxylation sites is 1. The lowest BCUT2D eigenvalue weighted by molar-refractivity contribution is -0.122. The maximum absolute atomic E-state index is 13.0. The van der Waals surface area contributed by atoms with Gasteiger partial charge in [0.25, 0.3) is 11.5 Å². The Bertz CT molecular complexity index is 926. The van der Waals surface area contributed by atoms with Gasteiger partial charge in [-0.15, -0.1) is 6.58 Å². The van der Waals surface area contributed by atoms with E-state index in [9.17, 15) is 14.4 Å². The summed E-state index contributed by atoms with van der Waals surface area (Å²) >= 11 is 0. The van der Waals surface area contributed by atoms with Crippen LogP contribution in [0.5, 0.6) is 0 Å². The summed E-state index contributed by atoms with van der Waals surface area (Å²) in [5, 5.41) is 3.53. The molecule has 1 aliphatic heterocycles. The Morgan fingerprint density at radius 2 is 1.89 bits per heavy atom. The molecule has 1 aliphatic rings. The van der Waals surface area contributed by atoms with E-state index in [0.29, 0.717) is 44.8 Å². The number of benzene rings is 1. The van der Waals surface area contributed by atoms with Gasteiger partial charge in [0.2, 0.25) is 5.91 Å². The molecule has 3 rings (SSSR count). The third kappa shape index (κ3) is 4.09. The van der Waals surface area contributed by atoms with Gasteiger partial charge in [-0.1, -0.05) is 24.3 Å². The highest BCUT2D eigenvalue weighted by Gasteiger charge is 2.25. The molecule has 0 bridgehead atoms. The summed E-state index contributed by atoms with van der Waals surface area (Å²) in [6.45, 7) is 6.63. The largest absolute Gasteiger partial charge is 0.352 e. The average molecular weight is 368 g/mol. The molecule has 0 saturated carbocycles. The Balaban J connectivity index is 1.71. The maximum atomic E-state index is 13.0. The number of carbonyl (C=O) groups excluding carboxylic acids is 2. The van der Waals surface area contributed by atoms with Crippen molar-refractivity contribution in [3.05, 3.63) is 58.9 Å². The number of aromatic nitrogens is 1. The number of nitrogens with one attached hydrogen (secondary N) is 1. The summed E-state index contributed by atoms with van der Waals surface area (Å²) in [6.07, 6.45) is 1.64. The quantitative estimate of drug-likeness (QED) is 0.785. The predicted octanol–water partition coefficient (Wildman–Crippen LogP) is 0.599. The maximum Gasteiger partial charge on any atom is 0.254 e. The van der Waals surface area contributed by atoms with Crippen molar-refractivity contribution >= 4 is 22.7 Å². The number of aryl methyl sites for hydroxylation is 1. The molecule has 7 nitrogen and oxygen atoms in total. The lowest BCUT2D eigenvalue weighted by atomic mass is 10.1. The average Bonchev–Trinajstić information content (AvgIpc) is 2.69. The number of rotatable bonds is 5. The first-order valence-electron chi connectivity index (χ1n) is 8.99. The Morgan fingerprint density at radius 1 is 1.19 bits per heavy atom. The number of amides is 2. The van der Waals surface area contributed by atoms with Crippen LogP contribution in [0, 0.1) is 0 Å². The van der Waals surface area contributed by atoms with Gasteiger partial charge in [-0.3, -0.25) is 19.3 Å². The van der Waals surface area contributed by atoms with E-state index in [-0.39, 0.29) is 17.4 Å². The number of fused-ring (bicyclic) bond motifs is 1. The smallest absolute Gasteiger partial charge is 0.254 e. The molecular weight excluding hydrogens is 344 g/mol. The van der Waals surface area contributed by atoms with Crippen LogP contribution in [0.4, 0.5) is 0 Å². The third-order valence-corrected chi connectivity index (χ3v) is 4.85. The first-order valence-corrected chi connectivity index (χ1v) is 8.99. The highest BCUT2D eigenvalue weighted by molar-refractivity contribution is 6.06. The van der Waals surface area contributed by atoms with Crippen molar-refractivity contribution < 1.29 is 9.59 Å². The number of pyridine rings is 1. The van der Waals surface area contributed by atoms with Crippen molar-refractivity contribution in [3.63, 3.8) is 0 Å². The minimum Gasteiger partial charge on any atom is -0.352 e.